The Morgan fingerprint density at radius 2 is 1.73 bits per heavy atom. The molecule has 1 saturated heterocycles. The minimum absolute atomic E-state index is 0.589. The molecule has 5 unspecified atom stereocenters. The molecule has 0 aromatic heterocycles. The maximum absolute atomic E-state index is 10.3. The Balaban J connectivity index is 1.86. The van der Waals surface area contributed by atoms with Gasteiger partial charge in [-0.1, -0.05) is 41.8 Å². The van der Waals surface area contributed by atoms with Crippen LogP contribution >= 0.6 is 11.6 Å². The number of hydrogen-bond acceptors (Lipinski definition) is 4. The van der Waals surface area contributed by atoms with E-state index in [1.54, 1.807) is 19.1 Å². The molecule has 136 valence electrons. The van der Waals surface area contributed by atoms with Gasteiger partial charge in [0.1, 0.15) is 24.4 Å². The van der Waals surface area contributed by atoms with E-state index < -0.39 is 30.5 Å². The molecule has 1 aliphatic heterocycles. The van der Waals surface area contributed by atoms with Crippen LogP contribution in [0, 0.1) is 12.3 Å². The molecule has 5 atom stereocenters. The van der Waals surface area contributed by atoms with Gasteiger partial charge >= 0.3 is 0 Å². The van der Waals surface area contributed by atoms with Crippen LogP contribution in [0.1, 0.15) is 35.3 Å². The Hall–Kier alpha value is -1.87. The zero-order valence-electron chi connectivity index (χ0n) is 14.3. The minimum Gasteiger partial charge on any atom is -0.388 e. The minimum atomic E-state index is -1.26. The van der Waals surface area contributed by atoms with E-state index in [0.717, 1.165) is 16.7 Å². The van der Waals surface area contributed by atoms with Crippen molar-refractivity contribution in [2.75, 3.05) is 0 Å². The van der Waals surface area contributed by atoms with Gasteiger partial charge in [-0.25, -0.2) is 0 Å². The molecule has 1 fully saturated rings. The highest BCUT2D eigenvalue weighted by molar-refractivity contribution is 6.31. The first kappa shape index (κ1) is 18.9. The molecule has 1 aliphatic rings. The molecular formula is C21H21ClO4. The van der Waals surface area contributed by atoms with Crippen LogP contribution in [-0.2, 0) is 11.2 Å². The summed E-state index contributed by atoms with van der Waals surface area (Å²) in [4.78, 5) is 0. The standard InChI is InChI=1S/C21H21ClO4/c1-3-13-4-6-14(7-5-13)10-16-11-15(8-9-17(16)22)21-20(25)19(24)18(23)12(2)26-21/h1,4-9,11-12,18-21,23-25H,10H2,2H3. The van der Waals surface area contributed by atoms with E-state index in [1.807, 2.05) is 30.3 Å². The number of rotatable bonds is 3. The summed E-state index contributed by atoms with van der Waals surface area (Å²) in [7, 11) is 0. The summed E-state index contributed by atoms with van der Waals surface area (Å²) in [6, 6.07) is 13.0. The van der Waals surface area contributed by atoms with Crippen molar-refractivity contribution in [2.45, 2.75) is 43.9 Å². The van der Waals surface area contributed by atoms with Gasteiger partial charge in [0, 0.05) is 10.6 Å². The quantitative estimate of drug-likeness (QED) is 0.724. The lowest BCUT2D eigenvalue weighted by Crippen LogP contribution is -2.53. The number of terminal acetylenes is 1. The second-order valence-corrected chi connectivity index (χ2v) is 7.01. The number of aliphatic hydroxyl groups excluding tert-OH is 3. The lowest BCUT2D eigenvalue weighted by molar-refractivity contribution is -0.219. The second kappa shape index (κ2) is 7.79. The molecule has 26 heavy (non-hydrogen) atoms. The monoisotopic (exact) mass is 372 g/mol. The maximum atomic E-state index is 10.3. The lowest BCUT2D eigenvalue weighted by Gasteiger charge is -2.39. The Morgan fingerprint density at radius 1 is 1.04 bits per heavy atom. The SMILES string of the molecule is C#Cc1ccc(Cc2cc(C3OC(C)C(O)C(O)C3O)ccc2Cl)cc1. The molecule has 0 radical (unpaired) electrons. The highest BCUT2D eigenvalue weighted by Gasteiger charge is 2.42. The first-order valence-corrected chi connectivity index (χ1v) is 8.82. The van der Waals surface area contributed by atoms with Crippen molar-refractivity contribution in [2.24, 2.45) is 0 Å². The van der Waals surface area contributed by atoms with Gasteiger partial charge in [-0.3, -0.25) is 0 Å². The third-order valence-corrected chi connectivity index (χ3v) is 5.13. The van der Waals surface area contributed by atoms with Gasteiger partial charge in [0.15, 0.2) is 0 Å². The second-order valence-electron chi connectivity index (χ2n) is 6.60. The number of ether oxygens (including phenoxy) is 1. The van der Waals surface area contributed by atoms with Crippen LogP contribution in [-0.4, -0.2) is 39.7 Å². The molecule has 0 spiro atoms. The number of halogens is 1. The molecule has 2 aromatic rings. The van der Waals surface area contributed by atoms with Crippen molar-refractivity contribution >= 4 is 11.6 Å². The molecule has 1 heterocycles. The van der Waals surface area contributed by atoms with Gasteiger partial charge in [0.05, 0.1) is 6.10 Å². The number of hydrogen-bond donors (Lipinski definition) is 3. The molecular weight excluding hydrogens is 352 g/mol. The van der Waals surface area contributed by atoms with Crippen molar-refractivity contribution < 1.29 is 20.1 Å². The van der Waals surface area contributed by atoms with Crippen LogP contribution in [0.25, 0.3) is 0 Å². The predicted octanol–water partition coefficient (Wildman–Crippen LogP) is 2.45. The van der Waals surface area contributed by atoms with Crippen LogP contribution in [0.3, 0.4) is 0 Å². The van der Waals surface area contributed by atoms with Gasteiger partial charge in [-0.2, -0.15) is 0 Å². The van der Waals surface area contributed by atoms with Gasteiger partial charge in [-0.05, 0) is 48.2 Å². The van der Waals surface area contributed by atoms with Gasteiger partial charge in [0.2, 0.25) is 0 Å². The summed E-state index contributed by atoms with van der Waals surface area (Å²) in [5.41, 5.74) is 3.45. The molecule has 4 nitrogen and oxygen atoms in total. The zero-order valence-corrected chi connectivity index (χ0v) is 15.1. The summed E-state index contributed by atoms with van der Waals surface area (Å²) < 4.78 is 5.72. The molecule has 3 N–H and O–H groups in total. The van der Waals surface area contributed by atoms with E-state index in [1.165, 1.54) is 0 Å². The highest BCUT2D eigenvalue weighted by Crippen LogP contribution is 2.34. The molecule has 0 amide bonds. The van der Waals surface area contributed by atoms with Crippen molar-refractivity contribution in [1.29, 1.82) is 0 Å². The van der Waals surface area contributed by atoms with E-state index in [-0.39, 0.29) is 0 Å². The first-order valence-electron chi connectivity index (χ1n) is 8.44. The van der Waals surface area contributed by atoms with E-state index in [2.05, 4.69) is 5.92 Å². The summed E-state index contributed by atoms with van der Waals surface area (Å²) >= 11 is 6.34. The Labute approximate surface area is 158 Å². The van der Waals surface area contributed by atoms with Crippen molar-refractivity contribution in [3.8, 4) is 12.3 Å². The van der Waals surface area contributed by atoms with Crippen molar-refractivity contribution in [3.05, 3.63) is 69.7 Å². The van der Waals surface area contributed by atoms with Crippen LogP contribution in [0.5, 0.6) is 0 Å². The van der Waals surface area contributed by atoms with E-state index >= 15 is 0 Å². The summed E-state index contributed by atoms with van der Waals surface area (Å²) in [5, 5.41) is 30.8. The van der Waals surface area contributed by atoms with Crippen LogP contribution in [0.2, 0.25) is 5.02 Å². The van der Waals surface area contributed by atoms with Crippen LogP contribution < -0.4 is 0 Å². The average molecular weight is 373 g/mol. The summed E-state index contributed by atoms with van der Waals surface area (Å²) in [6.45, 7) is 1.66. The molecule has 0 saturated carbocycles. The summed E-state index contributed by atoms with van der Waals surface area (Å²) in [6.07, 6.45) is 1.05. The molecule has 0 bridgehead atoms. The lowest BCUT2D eigenvalue weighted by atomic mass is 9.90. The maximum Gasteiger partial charge on any atom is 0.113 e. The first-order chi connectivity index (χ1) is 12.4. The topological polar surface area (TPSA) is 69.9 Å². The van der Waals surface area contributed by atoms with E-state index in [9.17, 15) is 15.3 Å². The van der Waals surface area contributed by atoms with E-state index in [0.29, 0.717) is 17.0 Å². The Morgan fingerprint density at radius 3 is 2.38 bits per heavy atom. The Bertz CT molecular complexity index is 812. The van der Waals surface area contributed by atoms with Gasteiger partial charge in [0.25, 0.3) is 0 Å². The Kier molecular flexibility index (Phi) is 5.67. The molecule has 2 aromatic carbocycles. The number of benzene rings is 2. The predicted molar refractivity (Wildman–Crippen MR) is 99.9 cm³/mol. The normalized spacial score (nSPS) is 28.5. The third-order valence-electron chi connectivity index (χ3n) is 4.77. The molecule has 5 heteroatoms. The van der Waals surface area contributed by atoms with Gasteiger partial charge in [-0.15, -0.1) is 6.42 Å². The fraction of sp³-hybridized carbons (Fsp3) is 0.333. The smallest absolute Gasteiger partial charge is 0.113 e. The fourth-order valence-electron chi connectivity index (χ4n) is 3.17. The van der Waals surface area contributed by atoms with E-state index in [4.69, 9.17) is 22.8 Å². The highest BCUT2D eigenvalue weighted by atomic mass is 35.5. The fourth-order valence-corrected chi connectivity index (χ4v) is 3.36. The van der Waals surface area contributed by atoms with Crippen LogP contribution in [0.15, 0.2) is 42.5 Å². The van der Waals surface area contributed by atoms with Crippen molar-refractivity contribution in [3.63, 3.8) is 0 Å². The average Bonchev–Trinajstić information content (AvgIpc) is 2.65. The van der Waals surface area contributed by atoms with Gasteiger partial charge < -0.3 is 20.1 Å². The zero-order chi connectivity index (χ0) is 18.8. The summed E-state index contributed by atoms with van der Waals surface area (Å²) in [5.74, 6) is 2.58. The van der Waals surface area contributed by atoms with Crippen molar-refractivity contribution in [1.82, 2.24) is 0 Å². The number of aliphatic hydroxyl groups is 3. The molecule has 3 rings (SSSR count). The third kappa shape index (κ3) is 3.78. The largest absolute Gasteiger partial charge is 0.388 e. The molecule has 0 aliphatic carbocycles. The van der Waals surface area contributed by atoms with Crippen LogP contribution in [0.4, 0.5) is 0 Å².